The third kappa shape index (κ3) is 4.29. The first-order chi connectivity index (χ1) is 14.8. The topological polar surface area (TPSA) is 61.7 Å². The third-order valence-corrected chi connectivity index (χ3v) is 7.50. The lowest BCUT2D eigenvalue weighted by atomic mass is 10.0. The molecule has 5 rings (SSSR count). The molecule has 1 aromatic heterocycles. The van der Waals surface area contributed by atoms with Gasteiger partial charge in [0.25, 0.3) is 0 Å². The molecule has 2 saturated heterocycles. The van der Waals surface area contributed by atoms with Gasteiger partial charge in [-0.15, -0.1) is 5.10 Å². The summed E-state index contributed by atoms with van der Waals surface area (Å²) in [6.45, 7) is 8.65. The fourth-order valence-corrected chi connectivity index (χ4v) is 5.78. The predicted octanol–water partition coefficient (Wildman–Crippen LogP) is -0.0241. The summed E-state index contributed by atoms with van der Waals surface area (Å²) in [5.74, 6) is 0.994. The molecule has 162 valence electrons. The number of nitrogens with one attached hydrogen (secondary N) is 2. The molecule has 0 bridgehead atoms. The van der Waals surface area contributed by atoms with Crippen LogP contribution in [0.1, 0.15) is 61.5 Å². The van der Waals surface area contributed by atoms with Crippen molar-refractivity contribution in [2.24, 2.45) is 0 Å². The van der Waals surface area contributed by atoms with Crippen LogP contribution in [0.15, 0.2) is 24.3 Å². The van der Waals surface area contributed by atoms with Gasteiger partial charge in [0.1, 0.15) is 26.2 Å². The van der Waals surface area contributed by atoms with E-state index in [1.54, 1.807) is 4.90 Å². The molecular weight excluding hydrogens is 376 g/mol. The summed E-state index contributed by atoms with van der Waals surface area (Å²) in [7, 11) is 0. The maximum atomic E-state index is 5.87. The Morgan fingerprint density at radius 3 is 2.50 bits per heavy atom. The molecule has 2 aromatic rings. The number of aryl methyl sites for hydroxylation is 1. The fraction of sp³-hybridized carbons (Fsp3) is 0.696. The SMILES string of the molecule is Cc1ccc([C@H](c2nnnn2C[C@H]2CCCO2)[NH+]2CC[NH+](C3CCCC3)CC2)cc1. The number of nitrogens with zero attached hydrogens (tertiary/aromatic N) is 4. The molecule has 2 N–H and O–H groups in total. The van der Waals surface area contributed by atoms with Gasteiger partial charge in [-0.05, 0) is 55.9 Å². The minimum Gasteiger partial charge on any atom is -0.376 e. The number of aromatic nitrogens is 4. The molecular formula is C23H36N6O+2. The van der Waals surface area contributed by atoms with E-state index in [1.807, 2.05) is 9.58 Å². The number of quaternary nitrogens is 2. The maximum absolute atomic E-state index is 5.87. The summed E-state index contributed by atoms with van der Waals surface area (Å²) in [6.07, 6.45) is 8.18. The second kappa shape index (κ2) is 9.12. The summed E-state index contributed by atoms with van der Waals surface area (Å²) >= 11 is 0. The Labute approximate surface area is 179 Å². The molecule has 7 heteroatoms. The van der Waals surface area contributed by atoms with E-state index in [-0.39, 0.29) is 12.1 Å². The highest BCUT2D eigenvalue weighted by molar-refractivity contribution is 5.26. The summed E-state index contributed by atoms with van der Waals surface area (Å²) in [6, 6.07) is 10.1. The van der Waals surface area contributed by atoms with Crippen LogP contribution in [0.5, 0.6) is 0 Å². The lowest BCUT2D eigenvalue weighted by Gasteiger charge is -2.36. The highest BCUT2D eigenvalue weighted by atomic mass is 16.5. The Morgan fingerprint density at radius 2 is 1.80 bits per heavy atom. The Hall–Kier alpha value is -1.83. The summed E-state index contributed by atoms with van der Waals surface area (Å²) in [5.41, 5.74) is 2.62. The van der Waals surface area contributed by atoms with Crippen molar-refractivity contribution in [2.75, 3.05) is 32.8 Å². The predicted molar refractivity (Wildman–Crippen MR) is 113 cm³/mol. The van der Waals surface area contributed by atoms with Gasteiger partial charge in [0, 0.05) is 12.2 Å². The normalized spacial score (nSPS) is 28.8. The Balaban J connectivity index is 1.38. The fourth-order valence-electron chi connectivity index (χ4n) is 5.78. The number of tetrazole rings is 1. The summed E-state index contributed by atoms with van der Waals surface area (Å²) in [5, 5.41) is 13.0. The number of hydrogen-bond donors (Lipinski definition) is 2. The highest BCUT2D eigenvalue weighted by Gasteiger charge is 2.38. The van der Waals surface area contributed by atoms with E-state index in [2.05, 4.69) is 46.7 Å². The van der Waals surface area contributed by atoms with Gasteiger partial charge in [-0.3, -0.25) is 0 Å². The monoisotopic (exact) mass is 412 g/mol. The molecule has 30 heavy (non-hydrogen) atoms. The minimum absolute atomic E-state index is 0.187. The first kappa shape index (κ1) is 20.1. The number of rotatable bonds is 6. The number of hydrogen-bond acceptors (Lipinski definition) is 4. The first-order valence-corrected chi connectivity index (χ1v) is 11.9. The van der Waals surface area contributed by atoms with Crippen molar-refractivity contribution in [3.8, 4) is 0 Å². The van der Waals surface area contributed by atoms with E-state index in [1.165, 1.54) is 63.0 Å². The van der Waals surface area contributed by atoms with Gasteiger partial charge < -0.3 is 14.5 Å². The van der Waals surface area contributed by atoms with Gasteiger partial charge in [0.15, 0.2) is 6.04 Å². The molecule has 3 aliphatic rings. The average molecular weight is 413 g/mol. The van der Waals surface area contributed by atoms with Gasteiger partial charge in [0.05, 0.1) is 18.7 Å². The molecule has 2 atom stereocenters. The van der Waals surface area contributed by atoms with E-state index in [0.717, 1.165) is 37.9 Å². The number of benzene rings is 1. The molecule has 1 aliphatic carbocycles. The summed E-state index contributed by atoms with van der Waals surface area (Å²) < 4.78 is 7.89. The van der Waals surface area contributed by atoms with Crippen LogP contribution in [-0.2, 0) is 11.3 Å². The van der Waals surface area contributed by atoms with E-state index in [4.69, 9.17) is 4.74 Å². The first-order valence-electron chi connectivity index (χ1n) is 11.9. The molecule has 1 aromatic carbocycles. The summed E-state index contributed by atoms with van der Waals surface area (Å²) in [4.78, 5) is 3.43. The van der Waals surface area contributed by atoms with Crippen LogP contribution < -0.4 is 9.80 Å². The standard InChI is InChI=1S/C23H34N6O/c1-18-8-10-19(11-9-18)22(23-24-25-26-29(23)17-21-7-4-16-30-21)28-14-12-27(13-15-28)20-5-2-3-6-20/h8-11,20-22H,2-7,12-17H2,1H3/p+2/t21-,22-/m1/s1. The van der Waals surface area contributed by atoms with Gasteiger partial charge >= 0.3 is 0 Å². The van der Waals surface area contributed by atoms with E-state index >= 15 is 0 Å². The molecule has 2 aliphatic heterocycles. The molecule has 7 nitrogen and oxygen atoms in total. The third-order valence-electron chi connectivity index (χ3n) is 7.50. The quantitative estimate of drug-likeness (QED) is 0.700. The molecule has 0 radical (unpaired) electrons. The molecule has 3 fully saturated rings. The molecule has 3 heterocycles. The zero-order chi connectivity index (χ0) is 20.3. The molecule has 0 amide bonds. The Kier molecular flexibility index (Phi) is 6.11. The lowest BCUT2D eigenvalue weighted by molar-refractivity contribution is -1.03. The van der Waals surface area contributed by atoms with Crippen LogP contribution in [-0.4, -0.2) is 65.1 Å². The largest absolute Gasteiger partial charge is 0.376 e. The van der Waals surface area contributed by atoms with Crippen molar-refractivity contribution in [1.29, 1.82) is 0 Å². The van der Waals surface area contributed by atoms with Crippen molar-refractivity contribution < 1.29 is 14.5 Å². The van der Waals surface area contributed by atoms with Crippen LogP contribution in [0.4, 0.5) is 0 Å². The Bertz CT molecular complexity index is 801. The van der Waals surface area contributed by atoms with E-state index in [0.29, 0.717) is 0 Å². The lowest BCUT2D eigenvalue weighted by Crippen LogP contribution is -3.29. The Morgan fingerprint density at radius 1 is 1.03 bits per heavy atom. The van der Waals surface area contributed by atoms with Crippen molar-refractivity contribution >= 4 is 0 Å². The molecule has 1 saturated carbocycles. The average Bonchev–Trinajstić information content (AvgIpc) is 3.54. The van der Waals surface area contributed by atoms with Crippen molar-refractivity contribution in [1.82, 2.24) is 20.2 Å². The minimum atomic E-state index is 0.187. The number of ether oxygens (including phenoxy) is 1. The van der Waals surface area contributed by atoms with Gasteiger partial charge in [-0.25, -0.2) is 4.68 Å². The molecule has 0 spiro atoms. The van der Waals surface area contributed by atoms with Crippen LogP contribution in [0, 0.1) is 6.92 Å². The molecule has 0 unspecified atom stereocenters. The van der Waals surface area contributed by atoms with Gasteiger partial charge in [0.2, 0.25) is 5.82 Å². The van der Waals surface area contributed by atoms with Crippen LogP contribution >= 0.6 is 0 Å². The zero-order valence-corrected chi connectivity index (χ0v) is 18.2. The van der Waals surface area contributed by atoms with Gasteiger partial charge in [-0.1, -0.05) is 29.8 Å². The van der Waals surface area contributed by atoms with Crippen LogP contribution in [0.25, 0.3) is 0 Å². The van der Waals surface area contributed by atoms with Crippen LogP contribution in [0.3, 0.4) is 0 Å². The second-order valence-corrected chi connectivity index (χ2v) is 9.50. The maximum Gasteiger partial charge on any atom is 0.214 e. The van der Waals surface area contributed by atoms with E-state index < -0.39 is 0 Å². The van der Waals surface area contributed by atoms with Crippen molar-refractivity contribution in [2.45, 2.75) is 70.2 Å². The van der Waals surface area contributed by atoms with E-state index in [9.17, 15) is 0 Å². The number of piperazine rings is 1. The van der Waals surface area contributed by atoms with Crippen molar-refractivity contribution in [3.63, 3.8) is 0 Å². The zero-order valence-electron chi connectivity index (χ0n) is 18.2. The highest BCUT2D eigenvalue weighted by Crippen LogP contribution is 2.20. The van der Waals surface area contributed by atoms with Gasteiger partial charge in [-0.2, -0.15) is 0 Å². The van der Waals surface area contributed by atoms with Crippen molar-refractivity contribution in [3.05, 3.63) is 41.2 Å². The van der Waals surface area contributed by atoms with Crippen LogP contribution in [0.2, 0.25) is 0 Å². The smallest absolute Gasteiger partial charge is 0.214 e. The second-order valence-electron chi connectivity index (χ2n) is 9.50.